The predicted molar refractivity (Wildman–Crippen MR) is 92.3 cm³/mol. The normalized spacial score (nSPS) is 17.6. The van der Waals surface area contributed by atoms with Gasteiger partial charge < -0.3 is 9.42 Å². The molecule has 1 unspecified atom stereocenters. The Morgan fingerprint density at radius 1 is 1.29 bits per heavy atom. The fourth-order valence-corrected chi connectivity index (χ4v) is 3.62. The van der Waals surface area contributed by atoms with Crippen LogP contribution >= 0.6 is 11.3 Å². The highest BCUT2D eigenvalue weighted by molar-refractivity contribution is 7.09. The quantitative estimate of drug-likeness (QED) is 0.729. The molecule has 0 N–H and O–H groups in total. The molecular weight excluding hydrogens is 322 g/mol. The summed E-state index contributed by atoms with van der Waals surface area (Å²) >= 11 is 1.67. The monoisotopic (exact) mass is 339 g/mol. The third-order valence-electron chi connectivity index (χ3n) is 4.23. The van der Waals surface area contributed by atoms with E-state index in [2.05, 4.69) is 10.1 Å². The van der Waals surface area contributed by atoms with Crippen molar-refractivity contribution >= 4 is 22.9 Å². The van der Waals surface area contributed by atoms with E-state index in [0.717, 1.165) is 5.69 Å². The molecule has 1 aliphatic heterocycles. The molecule has 0 radical (unpaired) electrons. The van der Waals surface area contributed by atoms with E-state index in [1.54, 1.807) is 16.2 Å². The van der Waals surface area contributed by atoms with Gasteiger partial charge in [-0.1, -0.05) is 28.9 Å². The van der Waals surface area contributed by atoms with Crippen molar-refractivity contribution < 1.29 is 9.32 Å². The van der Waals surface area contributed by atoms with E-state index in [4.69, 9.17) is 4.52 Å². The molecule has 0 aliphatic carbocycles. The molecule has 0 bridgehead atoms. The third kappa shape index (κ3) is 2.97. The second-order valence-corrected chi connectivity index (χ2v) is 7.08. The number of hydrogen-bond donors (Lipinski definition) is 0. The summed E-state index contributed by atoms with van der Waals surface area (Å²) in [5, 5.41) is 6.12. The zero-order valence-electron chi connectivity index (χ0n) is 13.3. The number of thiophene rings is 1. The molecule has 1 aliphatic rings. The number of aromatic nitrogens is 2. The van der Waals surface area contributed by atoms with Gasteiger partial charge in [0.1, 0.15) is 0 Å². The second-order valence-electron chi connectivity index (χ2n) is 6.04. The molecule has 1 aromatic carbocycles. The lowest BCUT2D eigenvalue weighted by Crippen LogP contribution is -2.24. The van der Waals surface area contributed by atoms with Crippen LogP contribution in [-0.2, 0) is 11.2 Å². The highest BCUT2D eigenvalue weighted by atomic mass is 32.1. The maximum Gasteiger partial charge on any atom is 0.231 e. The number of benzene rings is 1. The fourth-order valence-electron chi connectivity index (χ4n) is 2.92. The van der Waals surface area contributed by atoms with Crippen LogP contribution in [0.2, 0.25) is 0 Å². The van der Waals surface area contributed by atoms with Crippen molar-refractivity contribution in [3.63, 3.8) is 0 Å². The Morgan fingerprint density at radius 3 is 2.88 bits per heavy atom. The van der Waals surface area contributed by atoms with Crippen LogP contribution in [-0.4, -0.2) is 22.6 Å². The molecule has 24 heavy (non-hydrogen) atoms. The molecule has 3 heterocycles. The average molecular weight is 339 g/mol. The Kier molecular flexibility index (Phi) is 3.90. The first kappa shape index (κ1) is 15.1. The molecule has 6 heteroatoms. The van der Waals surface area contributed by atoms with Crippen LogP contribution in [0, 0.1) is 6.92 Å². The minimum atomic E-state index is -0.0142. The van der Waals surface area contributed by atoms with E-state index in [0.29, 0.717) is 31.1 Å². The lowest BCUT2D eigenvalue weighted by atomic mass is 10.1. The summed E-state index contributed by atoms with van der Waals surface area (Å²) in [5.41, 5.74) is 2.11. The Morgan fingerprint density at radius 2 is 2.12 bits per heavy atom. The first-order valence-electron chi connectivity index (χ1n) is 7.91. The van der Waals surface area contributed by atoms with E-state index >= 15 is 0 Å². The molecule has 1 saturated heterocycles. The molecule has 2 aromatic heterocycles. The van der Waals surface area contributed by atoms with Gasteiger partial charge in [-0.15, -0.1) is 11.3 Å². The Labute approximate surface area is 143 Å². The van der Waals surface area contributed by atoms with E-state index in [1.165, 1.54) is 10.4 Å². The molecule has 0 saturated carbocycles. The fraction of sp³-hybridized carbons (Fsp3) is 0.278. The van der Waals surface area contributed by atoms with Gasteiger partial charge >= 0.3 is 0 Å². The number of nitrogens with zero attached hydrogens (tertiary/aromatic N) is 3. The van der Waals surface area contributed by atoms with Gasteiger partial charge in [0.15, 0.2) is 5.82 Å². The van der Waals surface area contributed by atoms with E-state index in [9.17, 15) is 4.79 Å². The van der Waals surface area contributed by atoms with Crippen molar-refractivity contribution in [1.82, 2.24) is 10.1 Å². The van der Waals surface area contributed by atoms with Crippen molar-refractivity contribution in [3.8, 4) is 0 Å². The lowest BCUT2D eigenvalue weighted by Gasteiger charge is -2.16. The van der Waals surface area contributed by atoms with Gasteiger partial charge in [-0.2, -0.15) is 4.98 Å². The highest BCUT2D eigenvalue weighted by Gasteiger charge is 2.34. The van der Waals surface area contributed by atoms with E-state index in [1.807, 2.05) is 48.7 Å². The number of aryl methyl sites for hydroxylation is 1. The molecular formula is C18H17N3O2S. The topological polar surface area (TPSA) is 59.2 Å². The molecule has 4 rings (SSSR count). The third-order valence-corrected chi connectivity index (χ3v) is 5.10. The molecule has 122 valence electrons. The average Bonchev–Trinajstić information content (AvgIpc) is 3.30. The number of hydrogen-bond acceptors (Lipinski definition) is 5. The summed E-state index contributed by atoms with van der Waals surface area (Å²) in [6.45, 7) is 2.63. The van der Waals surface area contributed by atoms with Crippen LogP contribution in [0.4, 0.5) is 5.69 Å². The van der Waals surface area contributed by atoms with Gasteiger partial charge in [-0.05, 0) is 30.5 Å². The highest BCUT2D eigenvalue weighted by Crippen LogP contribution is 2.30. The lowest BCUT2D eigenvalue weighted by molar-refractivity contribution is -0.117. The Bertz CT molecular complexity index is 840. The minimum absolute atomic E-state index is 0.0142. The van der Waals surface area contributed by atoms with Gasteiger partial charge in [-0.3, -0.25) is 4.79 Å². The van der Waals surface area contributed by atoms with Crippen molar-refractivity contribution in [2.24, 2.45) is 0 Å². The van der Waals surface area contributed by atoms with Gasteiger partial charge in [0, 0.05) is 29.4 Å². The van der Waals surface area contributed by atoms with Gasteiger partial charge in [0.25, 0.3) is 0 Å². The van der Waals surface area contributed by atoms with Gasteiger partial charge in [0.05, 0.1) is 6.42 Å². The zero-order chi connectivity index (χ0) is 16.5. The van der Waals surface area contributed by atoms with Crippen LogP contribution in [0.25, 0.3) is 0 Å². The van der Waals surface area contributed by atoms with Crippen molar-refractivity contribution in [2.75, 3.05) is 11.4 Å². The number of rotatable bonds is 4. The van der Waals surface area contributed by atoms with Crippen molar-refractivity contribution in [1.29, 1.82) is 0 Å². The first-order chi connectivity index (χ1) is 11.7. The summed E-state index contributed by atoms with van der Waals surface area (Å²) in [6, 6.07) is 12.0. The van der Waals surface area contributed by atoms with E-state index < -0.39 is 0 Å². The summed E-state index contributed by atoms with van der Waals surface area (Å²) < 4.78 is 5.36. The number of amides is 1. The summed E-state index contributed by atoms with van der Waals surface area (Å²) in [6.07, 6.45) is 1.07. The van der Waals surface area contributed by atoms with Crippen molar-refractivity contribution in [2.45, 2.75) is 25.7 Å². The number of carbonyl (C=O) groups excluding carboxylic acids is 1. The molecule has 1 fully saturated rings. The maximum atomic E-state index is 12.3. The predicted octanol–water partition coefficient (Wildman–Crippen LogP) is 3.55. The summed E-state index contributed by atoms with van der Waals surface area (Å²) in [7, 11) is 0. The summed E-state index contributed by atoms with van der Waals surface area (Å²) in [5.74, 6) is 1.33. The Hall–Kier alpha value is -2.47. The summed E-state index contributed by atoms with van der Waals surface area (Å²) in [4.78, 5) is 19.8. The largest absolute Gasteiger partial charge is 0.339 e. The van der Waals surface area contributed by atoms with Crippen LogP contribution < -0.4 is 4.90 Å². The molecule has 0 spiro atoms. The Balaban J connectivity index is 1.48. The van der Waals surface area contributed by atoms with Crippen LogP contribution in [0.5, 0.6) is 0 Å². The number of anilines is 1. The molecule has 1 atom stereocenters. The van der Waals surface area contributed by atoms with Gasteiger partial charge in [-0.25, -0.2) is 0 Å². The molecule has 1 amide bonds. The standard InChI is InChI=1S/C18H17N3O2S/c1-12-4-6-14(7-5-12)21-11-13(9-17(21)22)18-19-16(23-20-18)10-15-3-2-8-24-15/h2-8,13H,9-11H2,1H3. The number of carbonyl (C=O) groups is 1. The van der Waals surface area contributed by atoms with Crippen LogP contribution in [0.15, 0.2) is 46.3 Å². The minimum Gasteiger partial charge on any atom is -0.339 e. The van der Waals surface area contributed by atoms with E-state index in [-0.39, 0.29) is 11.8 Å². The van der Waals surface area contributed by atoms with Crippen LogP contribution in [0.1, 0.15) is 34.5 Å². The second kappa shape index (κ2) is 6.20. The molecule has 5 nitrogen and oxygen atoms in total. The van der Waals surface area contributed by atoms with Crippen LogP contribution in [0.3, 0.4) is 0 Å². The first-order valence-corrected chi connectivity index (χ1v) is 8.79. The SMILES string of the molecule is Cc1ccc(N2CC(c3noc(Cc4cccs4)n3)CC2=O)cc1. The zero-order valence-corrected chi connectivity index (χ0v) is 14.1. The van der Waals surface area contributed by atoms with Gasteiger partial charge in [0.2, 0.25) is 11.8 Å². The van der Waals surface area contributed by atoms with Crippen molar-refractivity contribution in [3.05, 3.63) is 63.9 Å². The smallest absolute Gasteiger partial charge is 0.231 e. The molecule has 3 aromatic rings. The maximum absolute atomic E-state index is 12.3.